The standard InChI is InChI=1S/C15H15NO6S/c1-21-13-5-8-15(22-2)11(9-13)10-23(19,20)14-6-3-12(4-7-14)16(17)18/h3-9H,10H2,1-2H3. The second kappa shape index (κ2) is 6.66. The fraction of sp³-hybridized carbons (Fsp3) is 0.200. The smallest absolute Gasteiger partial charge is 0.269 e. The zero-order chi connectivity index (χ0) is 17.0. The molecule has 8 heteroatoms. The van der Waals surface area contributed by atoms with Gasteiger partial charge in [-0.3, -0.25) is 10.1 Å². The van der Waals surface area contributed by atoms with E-state index < -0.39 is 14.8 Å². The van der Waals surface area contributed by atoms with Gasteiger partial charge in [0.2, 0.25) is 0 Å². The molecule has 0 bridgehead atoms. The van der Waals surface area contributed by atoms with Crippen LogP contribution in [0.4, 0.5) is 5.69 Å². The summed E-state index contributed by atoms with van der Waals surface area (Å²) in [6, 6.07) is 9.65. The number of rotatable bonds is 6. The lowest BCUT2D eigenvalue weighted by Gasteiger charge is -2.11. The molecule has 0 radical (unpaired) electrons. The van der Waals surface area contributed by atoms with E-state index in [-0.39, 0.29) is 16.3 Å². The van der Waals surface area contributed by atoms with E-state index >= 15 is 0 Å². The third kappa shape index (κ3) is 3.78. The normalized spacial score (nSPS) is 11.0. The molecule has 2 rings (SSSR count). The molecule has 0 aliphatic rings. The number of non-ortho nitro benzene ring substituents is 1. The molecule has 0 atom stereocenters. The number of hydrogen-bond acceptors (Lipinski definition) is 6. The predicted molar refractivity (Wildman–Crippen MR) is 83.5 cm³/mol. The molecule has 2 aromatic rings. The Kier molecular flexibility index (Phi) is 4.85. The highest BCUT2D eigenvalue weighted by Gasteiger charge is 2.19. The largest absolute Gasteiger partial charge is 0.497 e. The van der Waals surface area contributed by atoms with Gasteiger partial charge < -0.3 is 9.47 Å². The number of ether oxygens (including phenoxy) is 2. The Morgan fingerprint density at radius 3 is 2.22 bits per heavy atom. The predicted octanol–water partition coefficient (Wildman–Crippen LogP) is 2.59. The number of nitrogens with zero attached hydrogens (tertiary/aromatic N) is 1. The zero-order valence-electron chi connectivity index (χ0n) is 12.6. The van der Waals surface area contributed by atoms with E-state index in [1.807, 2.05) is 0 Å². The lowest BCUT2D eigenvalue weighted by Crippen LogP contribution is -2.06. The van der Waals surface area contributed by atoms with Crippen LogP contribution in [0.3, 0.4) is 0 Å². The van der Waals surface area contributed by atoms with Crippen molar-refractivity contribution in [3.05, 3.63) is 58.1 Å². The van der Waals surface area contributed by atoms with Crippen molar-refractivity contribution in [2.75, 3.05) is 14.2 Å². The van der Waals surface area contributed by atoms with Crippen molar-refractivity contribution >= 4 is 15.5 Å². The summed E-state index contributed by atoms with van der Waals surface area (Å²) in [7, 11) is -0.741. The number of sulfone groups is 1. The Labute approximate surface area is 133 Å². The highest BCUT2D eigenvalue weighted by atomic mass is 32.2. The minimum Gasteiger partial charge on any atom is -0.497 e. The van der Waals surface area contributed by atoms with Crippen LogP contribution in [0.2, 0.25) is 0 Å². The van der Waals surface area contributed by atoms with Crippen LogP contribution in [-0.4, -0.2) is 27.6 Å². The molecular weight excluding hydrogens is 322 g/mol. The van der Waals surface area contributed by atoms with Crippen LogP contribution in [0, 0.1) is 10.1 Å². The Hall–Kier alpha value is -2.61. The molecule has 0 aromatic heterocycles. The number of methoxy groups -OCH3 is 2. The number of nitro groups is 1. The molecule has 0 amide bonds. The summed E-state index contributed by atoms with van der Waals surface area (Å²) in [5.41, 5.74) is 0.285. The second-order valence-corrected chi connectivity index (χ2v) is 6.68. The fourth-order valence-electron chi connectivity index (χ4n) is 2.06. The average Bonchev–Trinajstić information content (AvgIpc) is 2.54. The summed E-state index contributed by atoms with van der Waals surface area (Å²) in [5.74, 6) is 0.640. The minimum atomic E-state index is -3.67. The van der Waals surface area contributed by atoms with E-state index in [1.165, 1.54) is 26.4 Å². The first-order valence-corrected chi connectivity index (χ1v) is 8.20. The molecule has 23 heavy (non-hydrogen) atoms. The minimum absolute atomic E-state index is 0.00738. The van der Waals surface area contributed by atoms with E-state index in [4.69, 9.17) is 9.47 Å². The highest BCUT2D eigenvalue weighted by Crippen LogP contribution is 2.28. The van der Waals surface area contributed by atoms with Crippen LogP contribution in [0.1, 0.15) is 5.56 Å². The molecule has 0 aliphatic heterocycles. The molecule has 122 valence electrons. The monoisotopic (exact) mass is 337 g/mol. The van der Waals surface area contributed by atoms with Crippen LogP contribution in [0.25, 0.3) is 0 Å². The molecule has 0 saturated carbocycles. The van der Waals surface area contributed by atoms with Crippen LogP contribution >= 0.6 is 0 Å². The van der Waals surface area contributed by atoms with E-state index in [9.17, 15) is 18.5 Å². The maximum atomic E-state index is 12.5. The van der Waals surface area contributed by atoms with E-state index in [0.29, 0.717) is 17.1 Å². The number of benzene rings is 2. The molecule has 0 saturated heterocycles. The van der Waals surface area contributed by atoms with Crippen molar-refractivity contribution in [1.29, 1.82) is 0 Å². The van der Waals surface area contributed by atoms with Crippen molar-refractivity contribution in [3.63, 3.8) is 0 Å². The topological polar surface area (TPSA) is 95.7 Å². The first-order valence-electron chi connectivity index (χ1n) is 6.55. The summed E-state index contributed by atoms with van der Waals surface area (Å²) < 4.78 is 35.2. The van der Waals surface area contributed by atoms with Gasteiger partial charge in [0.25, 0.3) is 5.69 Å². The molecular formula is C15H15NO6S. The summed E-state index contributed by atoms with van der Waals surface area (Å²) >= 11 is 0. The first kappa shape index (κ1) is 16.8. The van der Waals surface area contributed by atoms with Gasteiger partial charge in [-0.1, -0.05) is 0 Å². The van der Waals surface area contributed by atoms with E-state index in [1.54, 1.807) is 18.2 Å². The Morgan fingerprint density at radius 2 is 1.70 bits per heavy atom. The van der Waals surface area contributed by atoms with Crippen LogP contribution in [-0.2, 0) is 15.6 Å². The third-order valence-corrected chi connectivity index (χ3v) is 4.92. The number of hydrogen-bond donors (Lipinski definition) is 0. The second-order valence-electron chi connectivity index (χ2n) is 4.69. The summed E-state index contributed by atoms with van der Waals surface area (Å²) in [4.78, 5) is 10.1. The van der Waals surface area contributed by atoms with Gasteiger partial charge in [-0.25, -0.2) is 8.42 Å². The molecule has 0 N–H and O–H groups in total. The van der Waals surface area contributed by atoms with Gasteiger partial charge in [0.15, 0.2) is 9.84 Å². The van der Waals surface area contributed by atoms with Crippen molar-refractivity contribution in [1.82, 2.24) is 0 Å². The number of nitro benzene ring substituents is 1. The van der Waals surface area contributed by atoms with Crippen LogP contribution < -0.4 is 9.47 Å². The van der Waals surface area contributed by atoms with Gasteiger partial charge >= 0.3 is 0 Å². The summed E-state index contributed by atoms with van der Waals surface area (Å²) in [6.45, 7) is 0. The lowest BCUT2D eigenvalue weighted by molar-refractivity contribution is -0.384. The van der Waals surface area contributed by atoms with Gasteiger partial charge in [0.1, 0.15) is 11.5 Å². The molecule has 0 spiro atoms. The zero-order valence-corrected chi connectivity index (χ0v) is 13.4. The molecule has 0 heterocycles. The van der Waals surface area contributed by atoms with Gasteiger partial charge in [-0.05, 0) is 30.3 Å². The average molecular weight is 337 g/mol. The third-order valence-electron chi connectivity index (χ3n) is 3.24. The molecule has 0 aliphatic carbocycles. The SMILES string of the molecule is COc1ccc(OC)c(CS(=O)(=O)c2ccc([N+](=O)[O-])cc2)c1. The molecule has 7 nitrogen and oxygen atoms in total. The van der Waals surface area contributed by atoms with E-state index in [0.717, 1.165) is 12.1 Å². The Morgan fingerprint density at radius 1 is 1.04 bits per heavy atom. The summed E-state index contributed by atoms with van der Waals surface area (Å²) in [6.07, 6.45) is 0. The summed E-state index contributed by atoms with van der Waals surface area (Å²) in [5, 5.41) is 10.6. The van der Waals surface area contributed by atoms with Crippen molar-refractivity contribution in [2.24, 2.45) is 0 Å². The van der Waals surface area contributed by atoms with Crippen molar-refractivity contribution in [3.8, 4) is 11.5 Å². The van der Waals surface area contributed by atoms with Crippen molar-refractivity contribution in [2.45, 2.75) is 10.6 Å². The maximum absolute atomic E-state index is 12.5. The Balaban J connectivity index is 2.36. The van der Waals surface area contributed by atoms with Gasteiger partial charge in [0.05, 0.1) is 29.8 Å². The van der Waals surface area contributed by atoms with Gasteiger partial charge in [-0.2, -0.15) is 0 Å². The highest BCUT2D eigenvalue weighted by molar-refractivity contribution is 7.90. The molecule has 0 unspecified atom stereocenters. The van der Waals surface area contributed by atoms with Crippen molar-refractivity contribution < 1.29 is 22.8 Å². The first-order chi connectivity index (χ1) is 10.9. The van der Waals surface area contributed by atoms with Gasteiger partial charge in [0, 0.05) is 17.7 Å². The fourth-order valence-corrected chi connectivity index (χ4v) is 3.41. The van der Waals surface area contributed by atoms with Crippen LogP contribution in [0.5, 0.6) is 11.5 Å². The lowest BCUT2D eigenvalue weighted by atomic mass is 10.2. The molecule has 2 aromatic carbocycles. The van der Waals surface area contributed by atoms with Crippen LogP contribution in [0.15, 0.2) is 47.4 Å². The molecule has 0 fully saturated rings. The van der Waals surface area contributed by atoms with E-state index in [2.05, 4.69) is 0 Å². The maximum Gasteiger partial charge on any atom is 0.269 e. The Bertz CT molecular complexity index is 814. The quantitative estimate of drug-likeness (QED) is 0.594. The van der Waals surface area contributed by atoms with Gasteiger partial charge in [-0.15, -0.1) is 0 Å².